The van der Waals surface area contributed by atoms with E-state index in [0.29, 0.717) is 11.5 Å². The molecular weight excluding hydrogens is 592 g/mol. The van der Waals surface area contributed by atoms with Crippen LogP contribution in [0.15, 0.2) is 165 Å². The fourth-order valence-electron chi connectivity index (χ4n) is 6.98. The molecule has 10 rings (SSSR count). The summed E-state index contributed by atoms with van der Waals surface area (Å²) >= 11 is 0. The minimum absolute atomic E-state index is 0.553. The highest BCUT2D eigenvalue weighted by molar-refractivity contribution is 6.23. The summed E-state index contributed by atoms with van der Waals surface area (Å²) in [5, 5.41) is 9.83. The smallest absolute Gasteiger partial charge is 0.170 e. The number of rotatable bonds is 4. The molecule has 0 saturated carbocycles. The SMILES string of the molecule is c1ccc(-c2cccc3c2oc2ccnc(C4=NC(c5cccc6oc7ccccc7c56)N=C(c5ccc6ccccc6c5)N4)c23)cc1. The van der Waals surface area contributed by atoms with Gasteiger partial charge in [-0.25, -0.2) is 9.98 Å². The Morgan fingerprint density at radius 2 is 1.27 bits per heavy atom. The highest BCUT2D eigenvalue weighted by Crippen LogP contribution is 2.39. The first-order valence-corrected chi connectivity index (χ1v) is 16.0. The van der Waals surface area contributed by atoms with E-state index in [1.807, 2.05) is 54.6 Å². The van der Waals surface area contributed by atoms with Crippen molar-refractivity contribution in [2.45, 2.75) is 6.17 Å². The predicted molar refractivity (Wildman–Crippen MR) is 194 cm³/mol. The van der Waals surface area contributed by atoms with Gasteiger partial charge >= 0.3 is 0 Å². The number of hydrogen-bond acceptors (Lipinski definition) is 6. The van der Waals surface area contributed by atoms with Crippen molar-refractivity contribution in [3.8, 4) is 11.1 Å². The van der Waals surface area contributed by atoms with Gasteiger partial charge in [-0.15, -0.1) is 0 Å². The largest absolute Gasteiger partial charge is 0.456 e. The van der Waals surface area contributed by atoms with E-state index < -0.39 is 6.17 Å². The van der Waals surface area contributed by atoms with Crippen LogP contribution >= 0.6 is 0 Å². The molecule has 1 N–H and O–H groups in total. The number of pyridine rings is 1. The third kappa shape index (κ3) is 4.16. The maximum atomic E-state index is 6.57. The summed E-state index contributed by atoms with van der Waals surface area (Å²) in [6.07, 6.45) is 1.23. The van der Waals surface area contributed by atoms with E-state index in [9.17, 15) is 0 Å². The summed E-state index contributed by atoms with van der Waals surface area (Å²) in [4.78, 5) is 15.5. The van der Waals surface area contributed by atoms with Crippen molar-refractivity contribution in [3.05, 3.63) is 163 Å². The Labute approximate surface area is 274 Å². The van der Waals surface area contributed by atoms with Gasteiger partial charge in [0.25, 0.3) is 0 Å². The molecule has 9 aromatic rings. The zero-order valence-corrected chi connectivity index (χ0v) is 25.6. The van der Waals surface area contributed by atoms with Crippen molar-refractivity contribution in [2.24, 2.45) is 9.98 Å². The van der Waals surface area contributed by atoms with E-state index in [0.717, 1.165) is 77.4 Å². The zero-order valence-electron chi connectivity index (χ0n) is 25.6. The van der Waals surface area contributed by atoms with E-state index in [-0.39, 0.29) is 0 Å². The van der Waals surface area contributed by atoms with E-state index in [4.69, 9.17) is 23.8 Å². The monoisotopic (exact) mass is 618 g/mol. The molecular formula is C42H26N4O2. The van der Waals surface area contributed by atoms with Gasteiger partial charge in [0.1, 0.15) is 33.9 Å². The Balaban J connectivity index is 1.20. The molecule has 1 atom stereocenters. The van der Waals surface area contributed by atoms with Crippen LogP contribution in [-0.4, -0.2) is 16.7 Å². The third-order valence-electron chi connectivity index (χ3n) is 9.19. The van der Waals surface area contributed by atoms with Crippen molar-refractivity contribution in [1.29, 1.82) is 0 Å². The van der Waals surface area contributed by atoms with E-state index in [2.05, 4.69) is 90.2 Å². The number of benzene rings is 6. The second kappa shape index (κ2) is 10.5. The molecule has 0 amide bonds. The number of furan rings is 2. The lowest BCUT2D eigenvalue weighted by Gasteiger charge is -2.23. The maximum absolute atomic E-state index is 6.57. The average Bonchev–Trinajstić information content (AvgIpc) is 3.73. The molecule has 1 aliphatic heterocycles. The number of amidine groups is 2. The fraction of sp³-hybridized carbons (Fsp3) is 0.0238. The van der Waals surface area contributed by atoms with Crippen molar-refractivity contribution >= 4 is 66.3 Å². The Morgan fingerprint density at radius 3 is 2.21 bits per heavy atom. The lowest BCUT2D eigenvalue weighted by Crippen LogP contribution is -2.36. The van der Waals surface area contributed by atoms with Crippen LogP contribution in [0.2, 0.25) is 0 Å². The summed E-state index contributed by atoms with van der Waals surface area (Å²) in [5.41, 5.74) is 7.97. The van der Waals surface area contributed by atoms with E-state index in [1.165, 1.54) is 5.39 Å². The molecule has 48 heavy (non-hydrogen) atoms. The Morgan fingerprint density at radius 1 is 0.521 bits per heavy atom. The van der Waals surface area contributed by atoms with Gasteiger partial charge < -0.3 is 14.2 Å². The Kier molecular flexibility index (Phi) is 5.84. The summed E-state index contributed by atoms with van der Waals surface area (Å²) in [6, 6.07) is 47.5. The minimum Gasteiger partial charge on any atom is -0.456 e. The maximum Gasteiger partial charge on any atom is 0.170 e. The number of hydrogen-bond donors (Lipinski definition) is 1. The Bertz CT molecular complexity index is 2770. The van der Waals surface area contributed by atoms with E-state index >= 15 is 0 Å². The van der Waals surface area contributed by atoms with Crippen LogP contribution in [0.1, 0.15) is 23.0 Å². The molecule has 226 valence electrons. The van der Waals surface area contributed by atoms with Crippen molar-refractivity contribution in [3.63, 3.8) is 0 Å². The summed E-state index contributed by atoms with van der Waals surface area (Å²) < 4.78 is 12.8. The number of para-hydroxylation sites is 2. The highest BCUT2D eigenvalue weighted by Gasteiger charge is 2.27. The average molecular weight is 619 g/mol. The first-order valence-electron chi connectivity index (χ1n) is 16.0. The molecule has 0 bridgehead atoms. The lowest BCUT2D eigenvalue weighted by atomic mass is 10.0. The zero-order chi connectivity index (χ0) is 31.6. The minimum atomic E-state index is -0.553. The second-order valence-corrected chi connectivity index (χ2v) is 12.0. The van der Waals surface area contributed by atoms with Crippen LogP contribution < -0.4 is 5.32 Å². The van der Waals surface area contributed by atoms with Gasteiger partial charge in [-0.3, -0.25) is 4.98 Å². The van der Waals surface area contributed by atoms with E-state index in [1.54, 1.807) is 6.20 Å². The molecule has 1 aliphatic rings. The van der Waals surface area contributed by atoms with Crippen LogP contribution in [0.25, 0.3) is 65.8 Å². The Hall–Kier alpha value is -6.53. The van der Waals surface area contributed by atoms with Gasteiger partial charge in [-0.05, 0) is 40.6 Å². The molecule has 3 aromatic heterocycles. The van der Waals surface area contributed by atoms with Gasteiger partial charge in [0.05, 0.1) is 5.39 Å². The van der Waals surface area contributed by atoms with Gasteiger partial charge in [0, 0.05) is 39.0 Å². The first-order chi connectivity index (χ1) is 23.8. The second-order valence-electron chi connectivity index (χ2n) is 12.0. The van der Waals surface area contributed by atoms with Gasteiger partial charge in [-0.2, -0.15) is 0 Å². The van der Waals surface area contributed by atoms with Gasteiger partial charge in [0.15, 0.2) is 12.0 Å². The number of fused-ring (bicyclic) bond motifs is 7. The molecule has 6 nitrogen and oxygen atoms in total. The standard InChI is InChI=1S/C42H26N4O2/c1-2-11-26(12-3-1)29-15-8-16-31-37-35(48-39(29)31)22-23-43-38(37)42-45-40(28-21-20-25-10-4-5-13-27(25)24-28)44-41(46-42)32-17-9-19-34-36(32)30-14-6-7-18-33(30)47-34/h1-24,41H,(H,44,45,46). The third-order valence-corrected chi connectivity index (χ3v) is 9.19. The van der Waals surface area contributed by atoms with Crippen LogP contribution in [0, 0.1) is 0 Å². The van der Waals surface area contributed by atoms with Crippen molar-refractivity contribution < 1.29 is 8.83 Å². The first kappa shape index (κ1) is 26.7. The molecule has 6 aromatic carbocycles. The highest BCUT2D eigenvalue weighted by atomic mass is 16.3. The van der Waals surface area contributed by atoms with Crippen molar-refractivity contribution in [1.82, 2.24) is 10.3 Å². The summed E-state index contributed by atoms with van der Waals surface area (Å²) in [6.45, 7) is 0. The molecule has 0 saturated heterocycles. The summed E-state index contributed by atoms with van der Waals surface area (Å²) in [7, 11) is 0. The molecule has 0 fully saturated rings. The number of aliphatic imine (C=N–C) groups is 2. The van der Waals surface area contributed by atoms with Crippen LogP contribution in [0.5, 0.6) is 0 Å². The lowest BCUT2D eigenvalue weighted by molar-refractivity contribution is 0.667. The fourth-order valence-corrected chi connectivity index (χ4v) is 6.98. The topological polar surface area (TPSA) is 75.9 Å². The van der Waals surface area contributed by atoms with Crippen molar-refractivity contribution in [2.75, 3.05) is 0 Å². The number of nitrogens with one attached hydrogen (secondary N) is 1. The predicted octanol–water partition coefficient (Wildman–Crippen LogP) is 10.2. The van der Waals surface area contributed by atoms with Gasteiger partial charge in [-0.1, -0.05) is 115 Å². The molecule has 0 spiro atoms. The number of aromatic nitrogens is 1. The van der Waals surface area contributed by atoms with Crippen LogP contribution in [0.3, 0.4) is 0 Å². The quantitative estimate of drug-likeness (QED) is 0.213. The molecule has 1 unspecified atom stereocenters. The van der Waals surface area contributed by atoms with Gasteiger partial charge in [0.2, 0.25) is 0 Å². The van der Waals surface area contributed by atoms with Crippen LogP contribution in [-0.2, 0) is 0 Å². The number of nitrogens with zero attached hydrogens (tertiary/aromatic N) is 3. The normalized spacial score (nSPS) is 14.9. The molecule has 4 heterocycles. The summed E-state index contributed by atoms with van der Waals surface area (Å²) in [5.74, 6) is 1.35. The molecule has 0 radical (unpaired) electrons. The molecule has 0 aliphatic carbocycles. The molecule has 6 heteroatoms. The van der Waals surface area contributed by atoms with Crippen LogP contribution in [0.4, 0.5) is 0 Å².